The van der Waals surface area contributed by atoms with Crippen LogP contribution in [-0.2, 0) is 9.53 Å². The Morgan fingerprint density at radius 3 is 2.76 bits per heavy atom. The second-order valence-corrected chi connectivity index (χ2v) is 6.60. The fourth-order valence-electron chi connectivity index (χ4n) is 3.48. The predicted molar refractivity (Wildman–Crippen MR) is 84.6 cm³/mol. The highest BCUT2D eigenvalue weighted by Crippen LogP contribution is 2.38. The maximum Gasteiger partial charge on any atom is 0.324 e. The molecule has 2 atom stereocenters. The van der Waals surface area contributed by atoms with Gasteiger partial charge in [0.25, 0.3) is 0 Å². The number of ether oxygens (including phenoxy) is 1. The average Bonchev–Trinajstić information content (AvgIpc) is 2.80. The molecule has 21 heavy (non-hydrogen) atoms. The number of nitrogens with one attached hydrogen (secondary N) is 1. The quantitative estimate of drug-likeness (QED) is 0.604. The van der Waals surface area contributed by atoms with Crippen molar-refractivity contribution in [3.05, 3.63) is 0 Å². The van der Waals surface area contributed by atoms with E-state index in [4.69, 9.17) is 4.74 Å². The molecule has 0 bridgehead atoms. The summed E-state index contributed by atoms with van der Waals surface area (Å²) in [6, 6.07) is 0.195. The van der Waals surface area contributed by atoms with Gasteiger partial charge in [-0.15, -0.1) is 0 Å². The van der Waals surface area contributed by atoms with E-state index >= 15 is 0 Å². The van der Waals surface area contributed by atoms with Crippen molar-refractivity contribution in [2.45, 2.75) is 57.5 Å². The lowest BCUT2D eigenvalue weighted by molar-refractivity contribution is -0.147. The maximum absolute atomic E-state index is 11.8. The smallest absolute Gasteiger partial charge is 0.324 e. The van der Waals surface area contributed by atoms with Gasteiger partial charge in [-0.1, -0.05) is 6.42 Å². The average molecular weight is 300 g/mol. The summed E-state index contributed by atoms with van der Waals surface area (Å²) in [6.07, 6.45) is 4.72. The van der Waals surface area contributed by atoms with Crippen LogP contribution in [0.4, 0.5) is 0 Å². The molecule has 5 heteroatoms. The van der Waals surface area contributed by atoms with Gasteiger partial charge in [0.15, 0.2) is 0 Å². The lowest BCUT2D eigenvalue weighted by Gasteiger charge is -2.35. The van der Waals surface area contributed by atoms with Crippen LogP contribution in [0.25, 0.3) is 0 Å². The van der Waals surface area contributed by atoms with Crippen LogP contribution in [0.3, 0.4) is 0 Å². The number of hydrogen-bond donors (Lipinski definition) is 2. The summed E-state index contributed by atoms with van der Waals surface area (Å²) >= 11 is 0. The minimum atomic E-state index is -0.721. The van der Waals surface area contributed by atoms with E-state index in [0.29, 0.717) is 0 Å². The standard InChI is InChI=1S/C16H32N2O3/c1-13(2)17-16(15(19)20)9-5-7-14(16)8-11-18(3)10-6-12-21-4/h13-14,17H,5-12H2,1-4H3,(H,19,20). The van der Waals surface area contributed by atoms with Crippen LogP contribution in [0.15, 0.2) is 0 Å². The zero-order valence-electron chi connectivity index (χ0n) is 14.0. The van der Waals surface area contributed by atoms with Crippen LogP contribution in [0.2, 0.25) is 0 Å². The minimum Gasteiger partial charge on any atom is -0.480 e. The summed E-state index contributed by atoms with van der Waals surface area (Å²) in [5, 5.41) is 13.1. The Bertz CT molecular complexity index is 323. The van der Waals surface area contributed by atoms with Crippen molar-refractivity contribution in [3.8, 4) is 0 Å². The second kappa shape index (κ2) is 8.71. The molecule has 2 N–H and O–H groups in total. The fraction of sp³-hybridized carbons (Fsp3) is 0.938. The summed E-state index contributed by atoms with van der Waals surface area (Å²) in [6.45, 7) is 6.77. The molecule has 2 unspecified atom stereocenters. The largest absolute Gasteiger partial charge is 0.480 e. The predicted octanol–water partition coefficient (Wildman–Crippen LogP) is 1.97. The third-order valence-corrected chi connectivity index (χ3v) is 4.50. The molecule has 1 aliphatic rings. The maximum atomic E-state index is 11.8. The second-order valence-electron chi connectivity index (χ2n) is 6.60. The summed E-state index contributed by atoms with van der Waals surface area (Å²) in [5.74, 6) is -0.456. The third-order valence-electron chi connectivity index (χ3n) is 4.50. The highest BCUT2D eigenvalue weighted by Gasteiger charge is 2.48. The van der Waals surface area contributed by atoms with Crippen LogP contribution in [0.1, 0.15) is 46.0 Å². The molecule has 1 rings (SSSR count). The van der Waals surface area contributed by atoms with E-state index in [0.717, 1.165) is 51.8 Å². The molecular weight excluding hydrogens is 268 g/mol. The molecular formula is C16H32N2O3. The Morgan fingerprint density at radius 2 is 2.19 bits per heavy atom. The van der Waals surface area contributed by atoms with Crippen LogP contribution in [0.5, 0.6) is 0 Å². The van der Waals surface area contributed by atoms with Crippen molar-refractivity contribution in [2.75, 3.05) is 33.9 Å². The molecule has 0 heterocycles. The van der Waals surface area contributed by atoms with Crippen LogP contribution in [-0.4, -0.2) is 61.4 Å². The first kappa shape index (κ1) is 18.4. The van der Waals surface area contributed by atoms with E-state index in [9.17, 15) is 9.90 Å². The van der Waals surface area contributed by atoms with Crippen molar-refractivity contribution in [3.63, 3.8) is 0 Å². The van der Waals surface area contributed by atoms with Crippen LogP contribution in [0, 0.1) is 5.92 Å². The first-order valence-electron chi connectivity index (χ1n) is 8.11. The van der Waals surface area contributed by atoms with Gasteiger partial charge in [0.2, 0.25) is 0 Å². The van der Waals surface area contributed by atoms with Gasteiger partial charge in [-0.3, -0.25) is 10.1 Å². The van der Waals surface area contributed by atoms with Gasteiger partial charge >= 0.3 is 5.97 Å². The molecule has 0 aromatic carbocycles. The first-order chi connectivity index (χ1) is 9.92. The molecule has 0 amide bonds. The third kappa shape index (κ3) is 5.24. The number of carbonyl (C=O) groups is 1. The lowest BCUT2D eigenvalue weighted by Crippen LogP contribution is -2.57. The highest BCUT2D eigenvalue weighted by atomic mass is 16.5. The van der Waals surface area contributed by atoms with Gasteiger partial charge in [0.05, 0.1) is 0 Å². The number of rotatable bonds is 10. The fourth-order valence-corrected chi connectivity index (χ4v) is 3.48. The molecule has 1 fully saturated rings. The van der Waals surface area contributed by atoms with Gasteiger partial charge in [-0.25, -0.2) is 0 Å². The Kier molecular flexibility index (Phi) is 7.63. The molecule has 0 aliphatic heterocycles. The number of aliphatic carboxylic acids is 1. The van der Waals surface area contributed by atoms with E-state index in [2.05, 4.69) is 17.3 Å². The molecule has 5 nitrogen and oxygen atoms in total. The Labute approximate surface area is 129 Å². The number of carboxylic acid groups (broad SMARTS) is 1. The molecule has 1 saturated carbocycles. The normalized spacial score (nSPS) is 25.9. The molecule has 0 aromatic rings. The molecule has 0 radical (unpaired) electrons. The summed E-state index contributed by atoms with van der Waals surface area (Å²) in [5.41, 5.74) is -0.721. The summed E-state index contributed by atoms with van der Waals surface area (Å²) in [4.78, 5) is 14.1. The Balaban J connectivity index is 2.53. The summed E-state index contributed by atoms with van der Waals surface area (Å²) < 4.78 is 5.06. The molecule has 0 aromatic heterocycles. The van der Waals surface area contributed by atoms with Gasteiger partial charge < -0.3 is 14.7 Å². The highest BCUT2D eigenvalue weighted by molar-refractivity contribution is 5.79. The van der Waals surface area contributed by atoms with E-state index in [1.54, 1.807) is 7.11 Å². The van der Waals surface area contributed by atoms with Gasteiger partial charge in [0, 0.05) is 26.3 Å². The van der Waals surface area contributed by atoms with Crippen LogP contribution >= 0.6 is 0 Å². The number of nitrogens with zero attached hydrogens (tertiary/aromatic N) is 1. The zero-order valence-corrected chi connectivity index (χ0v) is 14.0. The van der Waals surface area contributed by atoms with E-state index in [1.165, 1.54) is 0 Å². The van der Waals surface area contributed by atoms with Crippen molar-refractivity contribution in [1.82, 2.24) is 10.2 Å². The van der Waals surface area contributed by atoms with Crippen molar-refractivity contribution in [2.24, 2.45) is 5.92 Å². The zero-order chi connectivity index (χ0) is 15.9. The van der Waals surface area contributed by atoms with Gasteiger partial charge in [-0.05, 0) is 59.0 Å². The van der Waals surface area contributed by atoms with Gasteiger partial charge in [0.1, 0.15) is 5.54 Å². The molecule has 0 saturated heterocycles. The number of methoxy groups -OCH3 is 1. The van der Waals surface area contributed by atoms with E-state index < -0.39 is 11.5 Å². The van der Waals surface area contributed by atoms with E-state index in [-0.39, 0.29) is 12.0 Å². The van der Waals surface area contributed by atoms with E-state index in [1.807, 2.05) is 13.8 Å². The van der Waals surface area contributed by atoms with Gasteiger partial charge in [-0.2, -0.15) is 0 Å². The SMILES string of the molecule is COCCCN(C)CCC1CCCC1(NC(C)C)C(=O)O. The minimum absolute atomic E-state index is 0.195. The number of hydrogen-bond acceptors (Lipinski definition) is 4. The number of carboxylic acids is 1. The topological polar surface area (TPSA) is 61.8 Å². The Morgan fingerprint density at radius 1 is 1.48 bits per heavy atom. The summed E-state index contributed by atoms with van der Waals surface area (Å²) in [7, 11) is 3.82. The lowest BCUT2D eigenvalue weighted by atomic mass is 9.84. The first-order valence-corrected chi connectivity index (χ1v) is 8.11. The molecule has 124 valence electrons. The van der Waals surface area contributed by atoms with Crippen molar-refractivity contribution < 1.29 is 14.6 Å². The van der Waals surface area contributed by atoms with Crippen LogP contribution < -0.4 is 5.32 Å². The van der Waals surface area contributed by atoms with Crippen molar-refractivity contribution >= 4 is 5.97 Å². The monoisotopic (exact) mass is 300 g/mol. The Hall–Kier alpha value is -0.650. The molecule has 1 aliphatic carbocycles. The van der Waals surface area contributed by atoms with Crippen molar-refractivity contribution in [1.29, 1.82) is 0 Å². The molecule has 0 spiro atoms.